The molecule has 0 aliphatic heterocycles. The van der Waals surface area contributed by atoms with Crippen molar-refractivity contribution in [1.82, 2.24) is 0 Å². The molecule has 0 rings (SSSR count). The monoisotopic (exact) mass is 1960 g/mol. The Labute approximate surface area is 824 Å². The van der Waals surface area contributed by atoms with Crippen LogP contribution in [0.4, 0.5) is 0 Å². The van der Waals surface area contributed by atoms with Gasteiger partial charge in [0.2, 0.25) is 0 Å². The summed E-state index contributed by atoms with van der Waals surface area (Å²) in [4.78, 5) is 62.0. The Bertz CT molecular complexity index is 1580. The molecule has 124 heavy (non-hydrogen) atoms. The van der Waals surface area contributed by atoms with E-state index in [1.54, 1.807) is 0 Å². The van der Waals surface area contributed by atoms with E-state index in [0.29, 0.717) is 38.5 Å². The van der Waals surface area contributed by atoms with Crippen LogP contribution in [0.15, 0.2) is 0 Å². The second kappa shape index (κ2) is 140. The first-order valence-corrected chi connectivity index (χ1v) is 53.9. The summed E-state index contributed by atoms with van der Waals surface area (Å²) in [5.41, 5.74) is 0. The van der Waals surface area contributed by atoms with E-state index in [-0.39, 0.29) is 77.9 Å². The van der Waals surface area contributed by atoms with E-state index in [1.165, 1.54) is 501 Å². The molecule has 0 aromatic rings. The summed E-state index contributed by atoms with van der Waals surface area (Å²) in [5.74, 6) is -3.92. The van der Waals surface area contributed by atoms with E-state index in [9.17, 15) is 28.8 Å². The van der Waals surface area contributed by atoms with Crippen LogP contribution in [-0.4, -0.2) is 66.5 Å². The first kappa shape index (κ1) is 144. The van der Waals surface area contributed by atoms with Gasteiger partial charge in [-0.3, -0.25) is 28.8 Å². The molecule has 0 aromatic heterocycles. The molecular weight excluding hydrogens is 1750 g/mol. The second-order valence-electron chi connectivity index (χ2n) is 36.6. The maximum Gasteiger partial charge on any atom is 2.00 e. The van der Waals surface area contributed by atoms with E-state index < -0.39 is 35.8 Å². The van der Waals surface area contributed by atoms with Crippen molar-refractivity contribution in [2.45, 2.75) is 658 Å². The van der Waals surface area contributed by atoms with Gasteiger partial charge in [0.15, 0.2) is 0 Å². The molecule has 0 atom stereocenters. The summed E-state index contributed by atoms with van der Waals surface area (Å²) in [6, 6.07) is 0. The molecule has 16 heteroatoms. The van der Waals surface area contributed by atoms with Crippen LogP contribution >= 0.6 is 0 Å². The van der Waals surface area contributed by atoms with Crippen LogP contribution in [0, 0.1) is 0 Å². The van der Waals surface area contributed by atoms with Gasteiger partial charge in [-0.25, -0.2) is 0 Å². The zero-order valence-corrected chi connectivity index (χ0v) is 96.7. The van der Waals surface area contributed by atoms with Gasteiger partial charge in [-0.05, 0) is 38.5 Å². The van der Waals surface area contributed by atoms with Crippen molar-refractivity contribution in [2.24, 2.45) is 0 Å². The normalized spacial score (nSPS) is 10.5. The van der Waals surface area contributed by atoms with Crippen LogP contribution in [0.1, 0.15) is 658 Å². The first-order valence-electron chi connectivity index (χ1n) is 53.9. The summed E-state index contributed by atoms with van der Waals surface area (Å²) in [7, 11) is 0. The summed E-state index contributed by atoms with van der Waals surface area (Å²) in [6.07, 6.45) is 121. The minimum absolute atomic E-state index is 0. The van der Waals surface area contributed by atoms with Crippen molar-refractivity contribution in [2.75, 3.05) is 0 Å². The number of carbonyl (C=O) groups is 6. The number of rotatable bonds is 96. The molecule has 0 aromatic carbocycles. The van der Waals surface area contributed by atoms with Gasteiger partial charge in [0, 0.05) is 38.5 Å². The summed E-state index contributed by atoms with van der Waals surface area (Å²) in [6.45, 7) is 13.6. The SMILES string of the molecule is CCCCCCCCCCCCCCCCCC(=O)O.CCCCCCCCCCCCCCCCCC(=O)O.CCCCCCCCCCCCCCCCCC(=O)O.CCCCCCCCCCCCCCCCCC(=O)O.CCCCCCCCCCCCCCCCCC(=O)O.CCCCCCCCCCCCCCCCCC(=O)O.[Zn+2].[Zn+2].[Zn+2].[Zn+2]. The van der Waals surface area contributed by atoms with E-state index >= 15 is 0 Å². The van der Waals surface area contributed by atoms with Gasteiger partial charge >= 0.3 is 114 Å². The fourth-order valence-corrected chi connectivity index (χ4v) is 15.9. The summed E-state index contributed by atoms with van der Waals surface area (Å²) in [5, 5.41) is 51.1. The third-order valence-corrected chi connectivity index (χ3v) is 24.0. The summed E-state index contributed by atoms with van der Waals surface area (Å²) < 4.78 is 0. The quantitative estimate of drug-likeness (QED) is 0.0247. The molecule has 720 valence electrons. The number of carboxylic acid groups (broad SMARTS) is 6. The van der Waals surface area contributed by atoms with Gasteiger partial charge in [0.1, 0.15) is 0 Å². The molecule has 0 unspecified atom stereocenters. The van der Waals surface area contributed by atoms with Gasteiger partial charge < -0.3 is 30.6 Å². The topological polar surface area (TPSA) is 224 Å². The van der Waals surface area contributed by atoms with Crippen LogP contribution in [0.2, 0.25) is 0 Å². The van der Waals surface area contributed by atoms with Crippen molar-refractivity contribution in [3.8, 4) is 0 Å². The molecule has 0 fully saturated rings. The zero-order chi connectivity index (χ0) is 89.3. The van der Waals surface area contributed by atoms with Crippen molar-refractivity contribution < 1.29 is 137 Å². The molecule has 0 bridgehead atoms. The molecule has 0 radical (unpaired) electrons. The Hall–Kier alpha value is -0.686. The second-order valence-corrected chi connectivity index (χ2v) is 36.6. The van der Waals surface area contributed by atoms with Crippen LogP contribution < -0.4 is 0 Å². The van der Waals surface area contributed by atoms with Crippen LogP contribution in [0.3, 0.4) is 0 Å². The molecule has 12 nitrogen and oxygen atoms in total. The third kappa shape index (κ3) is 171. The number of aliphatic carboxylic acids is 6. The van der Waals surface area contributed by atoms with Gasteiger partial charge in [-0.15, -0.1) is 0 Å². The Morgan fingerprint density at radius 3 is 0.202 bits per heavy atom. The van der Waals surface area contributed by atoms with Gasteiger partial charge in [0.25, 0.3) is 0 Å². The number of unbranched alkanes of at least 4 members (excludes halogenated alkanes) is 84. The average Bonchev–Trinajstić information content (AvgIpc) is 1.14. The fourth-order valence-electron chi connectivity index (χ4n) is 15.9. The van der Waals surface area contributed by atoms with Crippen molar-refractivity contribution in [1.29, 1.82) is 0 Å². The minimum Gasteiger partial charge on any atom is -0.481 e. The Morgan fingerprint density at radius 2 is 0.153 bits per heavy atom. The number of hydrogen-bond donors (Lipinski definition) is 6. The predicted molar refractivity (Wildman–Crippen MR) is 523 cm³/mol. The molecule has 0 saturated carbocycles. The minimum atomic E-state index is -0.653. The smallest absolute Gasteiger partial charge is 0.481 e. The molecule has 6 N–H and O–H groups in total. The largest absolute Gasteiger partial charge is 2.00 e. The van der Waals surface area contributed by atoms with Crippen LogP contribution in [0.5, 0.6) is 0 Å². The fraction of sp³-hybridized carbons (Fsp3) is 0.944. The maximum atomic E-state index is 10.3. The molecule has 0 amide bonds. The van der Waals surface area contributed by atoms with Crippen molar-refractivity contribution in [3.05, 3.63) is 0 Å². The van der Waals surface area contributed by atoms with Gasteiger partial charge in [-0.1, -0.05) is 581 Å². The Kier molecular flexibility index (Phi) is 162. The van der Waals surface area contributed by atoms with Crippen molar-refractivity contribution >= 4 is 35.8 Å². The van der Waals surface area contributed by atoms with E-state index in [0.717, 1.165) is 77.0 Å². The molecule has 0 saturated heterocycles. The molecule has 0 aliphatic carbocycles. The maximum absolute atomic E-state index is 10.3. The number of hydrogen-bond acceptors (Lipinski definition) is 6. The van der Waals surface area contributed by atoms with Crippen LogP contribution in [-0.2, 0) is 107 Å². The molecular formula is C108H216O12Zn4+8. The van der Waals surface area contributed by atoms with Crippen LogP contribution in [0.25, 0.3) is 0 Å². The van der Waals surface area contributed by atoms with Crippen molar-refractivity contribution in [3.63, 3.8) is 0 Å². The number of carboxylic acids is 6. The predicted octanol–water partition coefficient (Wildman–Crippen LogP) is 38.0. The summed E-state index contributed by atoms with van der Waals surface area (Å²) >= 11 is 0. The standard InChI is InChI=1S/6C18H36O2.4Zn/c6*1-2-3-4-5-6-7-8-9-10-11-12-13-14-15-16-17-18(19)20;;;;/h6*2-17H2,1H3,(H,19,20);;;;/q;;;;;;4*+2. The molecule has 0 heterocycles. The Balaban J connectivity index is -0.000000156. The molecule has 0 aliphatic rings. The average molecular weight is 1970 g/mol. The van der Waals surface area contributed by atoms with Gasteiger partial charge in [-0.2, -0.15) is 0 Å². The van der Waals surface area contributed by atoms with Gasteiger partial charge in [0.05, 0.1) is 0 Å². The first-order chi connectivity index (χ1) is 58.6. The Morgan fingerprint density at radius 1 is 0.105 bits per heavy atom. The third-order valence-electron chi connectivity index (χ3n) is 24.0. The van der Waals surface area contributed by atoms with E-state index in [1.807, 2.05) is 0 Å². The van der Waals surface area contributed by atoms with E-state index in [2.05, 4.69) is 41.5 Å². The zero-order valence-electron chi connectivity index (χ0n) is 84.8. The molecule has 0 spiro atoms. The van der Waals surface area contributed by atoms with E-state index in [4.69, 9.17) is 30.6 Å².